The maximum Gasteiger partial charge on any atom is 0.321 e. The summed E-state index contributed by atoms with van der Waals surface area (Å²) in [4.78, 5) is 10.7. The van der Waals surface area contributed by atoms with Crippen molar-refractivity contribution in [3.8, 4) is 0 Å². The minimum atomic E-state index is -0.946. The molecule has 1 atom stereocenters. The van der Waals surface area contributed by atoms with Gasteiger partial charge >= 0.3 is 5.97 Å². The lowest BCUT2D eigenvalue weighted by molar-refractivity contribution is -0.140. The average Bonchev–Trinajstić information content (AvgIpc) is 2.54. The molecule has 0 aromatic carbocycles. The van der Waals surface area contributed by atoms with Crippen LogP contribution in [0.15, 0.2) is 23.8 Å². The van der Waals surface area contributed by atoms with Crippen LogP contribution in [0.25, 0.3) is 0 Å². The van der Waals surface area contributed by atoms with E-state index in [9.17, 15) is 4.79 Å². The molecule has 13 heavy (non-hydrogen) atoms. The first-order chi connectivity index (χ1) is 5.96. The minimum Gasteiger partial charge on any atom is -0.480 e. The van der Waals surface area contributed by atoms with Crippen LogP contribution in [0.3, 0.4) is 0 Å². The van der Waals surface area contributed by atoms with E-state index in [1.54, 1.807) is 0 Å². The van der Waals surface area contributed by atoms with Gasteiger partial charge in [-0.15, -0.1) is 0 Å². The van der Waals surface area contributed by atoms with E-state index in [0.717, 1.165) is 12.0 Å². The molecule has 1 aliphatic carbocycles. The summed E-state index contributed by atoms with van der Waals surface area (Å²) in [6.45, 7) is 3.73. The van der Waals surface area contributed by atoms with Gasteiger partial charge < -0.3 is 10.8 Å². The summed E-state index contributed by atoms with van der Waals surface area (Å²) < 4.78 is 0. The van der Waals surface area contributed by atoms with Crippen molar-refractivity contribution >= 4 is 5.97 Å². The highest BCUT2D eigenvalue weighted by molar-refractivity contribution is 5.75. The number of allylic oxidation sites excluding steroid dienone is 3. The number of rotatable bonds is 3. The highest BCUT2D eigenvalue weighted by Crippen LogP contribution is 2.34. The Kier molecular flexibility index (Phi) is 2.57. The smallest absolute Gasteiger partial charge is 0.321 e. The highest BCUT2D eigenvalue weighted by Gasteiger charge is 2.35. The molecule has 0 spiro atoms. The molecule has 0 saturated carbocycles. The van der Waals surface area contributed by atoms with Gasteiger partial charge in [0.25, 0.3) is 0 Å². The molecule has 0 bridgehead atoms. The molecule has 0 aromatic rings. The summed E-state index contributed by atoms with van der Waals surface area (Å²) in [5.74, 6) is -0.946. The third kappa shape index (κ3) is 1.80. The summed E-state index contributed by atoms with van der Waals surface area (Å²) in [7, 11) is 0. The number of carboxylic acids is 1. The van der Waals surface area contributed by atoms with Crippen LogP contribution in [0.4, 0.5) is 0 Å². The van der Waals surface area contributed by atoms with Gasteiger partial charge in [-0.25, -0.2) is 0 Å². The Morgan fingerprint density at radius 2 is 2.31 bits per heavy atom. The van der Waals surface area contributed by atoms with Crippen LogP contribution < -0.4 is 5.73 Å². The van der Waals surface area contributed by atoms with Crippen molar-refractivity contribution in [1.82, 2.24) is 0 Å². The second-order valence-corrected chi connectivity index (χ2v) is 3.86. The first-order valence-corrected chi connectivity index (χ1v) is 4.31. The molecular weight excluding hydrogens is 166 g/mol. The number of carbonyl (C=O) groups is 1. The van der Waals surface area contributed by atoms with Gasteiger partial charge in [0.15, 0.2) is 0 Å². The van der Waals surface area contributed by atoms with E-state index in [1.165, 1.54) is 0 Å². The molecule has 72 valence electrons. The molecule has 0 saturated heterocycles. The quantitative estimate of drug-likeness (QED) is 0.690. The second-order valence-electron chi connectivity index (χ2n) is 3.86. The molecule has 1 aliphatic rings. The zero-order valence-corrected chi connectivity index (χ0v) is 7.95. The number of carboxylic acid groups (broad SMARTS) is 1. The van der Waals surface area contributed by atoms with Crippen molar-refractivity contribution in [2.75, 3.05) is 0 Å². The fourth-order valence-corrected chi connectivity index (χ4v) is 1.43. The van der Waals surface area contributed by atoms with Crippen LogP contribution in [-0.2, 0) is 4.79 Å². The lowest BCUT2D eigenvalue weighted by atomic mass is 9.77. The maximum absolute atomic E-state index is 10.7. The van der Waals surface area contributed by atoms with Crippen LogP contribution in [0.2, 0.25) is 0 Å². The monoisotopic (exact) mass is 181 g/mol. The third-order valence-corrected chi connectivity index (χ3v) is 2.64. The predicted molar refractivity (Wildman–Crippen MR) is 51.2 cm³/mol. The largest absolute Gasteiger partial charge is 0.480 e. The van der Waals surface area contributed by atoms with E-state index < -0.39 is 17.4 Å². The number of nitrogens with two attached hydrogens (primary N) is 1. The Labute approximate surface area is 77.9 Å². The van der Waals surface area contributed by atoms with Crippen molar-refractivity contribution in [3.63, 3.8) is 0 Å². The number of aliphatic carboxylic acids is 1. The Morgan fingerprint density at radius 3 is 2.69 bits per heavy atom. The van der Waals surface area contributed by atoms with Gasteiger partial charge in [-0.1, -0.05) is 37.6 Å². The van der Waals surface area contributed by atoms with E-state index in [4.69, 9.17) is 10.8 Å². The van der Waals surface area contributed by atoms with Crippen LogP contribution in [0, 0.1) is 5.41 Å². The topological polar surface area (TPSA) is 63.3 Å². The van der Waals surface area contributed by atoms with Crippen molar-refractivity contribution < 1.29 is 9.90 Å². The van der Waals surface area contributed by atoms with E-state index in [1.807, 2.05) is 32.1 Å². The molecule has 0 radical (unpaired) electrons. The van der Waals surface area contributed by atoms with Gasteiger partial charge in [0, 0.05) is 5.41 Å². The molecule has 0 unspecified atom stereocenters. The zero-order chi connectivity index (χ0) is 10.1. The number of hydrogen-bond donors (Lipinski definition) is 2. The Balaban J connectivity index is 2.81. The predicted octanol–water partition coefficient (Wildman–Crippen LogP) is 1.31. The van der Waals surface area contributed by atoms with E-state index >= 15 is 0 Å². The fraction of sp³-hybridized carbons (Fsp3) is 0.500. The summed E-state index contributed by atoms with van der Waals surface area (Å²) in [5, 5.41) is 8.81. The summed E-state index contributed by atoms with van der Waals surface area (Å²) in [6.07, 6.45) is 6.70. The average molecular weight is 181 g/mol. The number of hydrogen-bond acceptors (Lipinski definition) is 2. The Bertz CT molecular complexity index is 277. The molecule has 0 aliphatic heterocycles. The standard InChI is InChI=1S/C10H15NO2/c1-10(2,8(11)9(12)13)7-5-3-4-6-7/h3-5,8H,6,11H2,1-2H3,(H,12,13)/t8-/m0/s1. The molecule has 3 N–H and O–H groups in total. The molecule has 3 nitrogen and oxygen atoms in total. The van der Waals surface area contributed by atoms with E-state index in [2.05, 4.69) is 0 Å². The second kappa shape index (κ2) is 3.34. The van der Waals surface area contributed by atoms with Crippen molar-refractivity contribution in [3.05, 3.63) is 23.8 Å². The summed E-state index contributed by atoms with van der Waals surface area (Å²) in [6, 6.07) is -0.835. The van der Waals surface area contributed by atoms with Crippen LogP contribution in [-0.4, -0.2) is 17.1 Å². The lowest BCUT2D eigenvalue weighted by Crippen LogP contribution is -2.44. The van der Waals surface area contributed by atoms with Crippen molar-refractivity contribution in [1.29, 1.82) is 0 Å². The lowest BCUT2D eigenvalue weighted by Gasteiger charge is -2.30. The van der Waals surface area contributed by atoms with E-state index in [0.29, 0.717) is 0 Å². The molecular formula is C10H15NO2. The minimum absolute atomic E-state index is 0.463. The molecule has 0 fully saturated rings. The van der Waals surface area contributed by atoms with Gasteiger partial charge in [0.1, 0.15) is 6.04 Å². The molecule has 1 rings (SSSR count). The summed E-state index contributed by atoms with van der Waals surface area (Å²) in [5.41, 5.74) is 6.23. The van der Waals surface area contributed by atoms with Gasteiger partial charge in [-0.05, 0) is 6.42 Å². The zero-order valence-electron chi connectivity index (χ0n) is 7.95. The van der Waals surface area contributed by atoms with Crippen LogP contribution >= 0.6 is 0 Å². The highest BCUT2D eigenvalue weighted by atomic mass is 16.4. The third-order valence-electron chi connectivity index (χ3n) is 2.64. The van der Waals surface area contributed by atoms with Crippen molar-refractivity contribution in [2.45, 2.75) is 26.3 Å². The first-order valence-electron chi connectivity index (χ1n) is 4.31. The van der Waals surface area contributed by atoms with Gasteiger partial charge in [0.05, 0.1) is 0 Å². The fourth-order valence-electron chi connectivity index (χ4n) is 1.43. The molecule has 0 amide bonds. The van der Waals surface area contributed by atoms with Gasteiger partial charge in [-0.3, -0.25) is 4.79 Å². The molecule has 0 heterocycles. The SMILES string of the molecule is CC(C)(C1=CC=CC1)[C@@H](N)C(=O)O. The Morgan fingerprint density at radius 1 is 1.69 bits per heavy atom. The van der Waals surface area contributed by atoms with Crippen molar-refractivity contribution in [2.24, 2.45) is 11.1 Å². The summed E-state index contributed by atoms with van der Waals surface area (Å²) >= 11 is 0. The molecule has 0 aromatic heterocycles. The van der Waals surface area contributed by atoms with E-state index in [-0.39, 0.29) is 0 Å². The first kappa shape index (κ1) is 9.99. The van der Waals surface area contributed by atoms with Gasteiger partial charge in [0.2, 0.25) is 0 Å². The Hall–Kier alpha value is -1.09. The maximum atomic E-state index is 10.7. The molecule has 3 heteroatoms. The van der Waals surface area contributed by atoms with Crippen LogP contribution in [0.1, 0.15) is 20.3 Å². The van der Waals surface area contributed by atoms with Gasteiger partial charge in [-0.2, -0.15) is 0 Å². The normalized spacial score (nSPS) is 18.5. The van der Waals surface area contributed by atoms with Crippen LogP contribution in [0.5, 0.6) is 0 Å².